The van der Waals surface area contributed by atoms with Gasteiger partial charge in [-0.05, 0) is 23.8 Å². The minimum Gasteiger partial charge on any atom is -0.265 e. The van der Waals surface area contributed by atoms with Gasteiger partial charge in [0.2, 0.25) is 0 Å². The van der Waals surface area contributed by atoms with Crippen molar-refractivity contribution in [3.63, 3.8) is 0 Å². The first kappa shape index (κ1) is 13.5. The van der Waals surface area contributed by atoms with Crippen LogP contribution in [0.4, 0.5) is 0 Å². The topological polar surface area (TPSA) is 49.6 Å². The summed E-state index contributed by atoms with van der Waals surface area (Å²) in [5.41, 5.74) is 3.02. The van der Waals surface area contributed by atoms with E-state index in [0.29, 0.717) is 5.56 Å². The molecule has 0 fully saturated rings. The van der Waals surface area contributed by atoms with Gasteiger partial charge in [0, 0.05) is 23.4 Å². The average molecular weight is 272 g/mol. The van der Waals surface area contributed by atoms with Crippen LogP contribution in [0.2, 0.25) is 5.15 Å². The quantitative estimate of drug-likeness (QED) is 0.738. The van der Waals surface area contributed by atoms with Crippen LogP contribution in [0, 0.1) is 11.3 Å². The first-order valence-corrected chi connectivity index (χ1v) is 6.33. The standard InChI is InChI=1S/C15H14ClN3/c1-15(2,3)13-12(10-4-6-18-7-5-10)8-11(9-17)14(16)19-13/h4-8H,1-3H3. The van der Waals surface area contributed by atoms with Gasteiger partial charge in [-0.25, -0.2) is 4.98 Å². The molecule has 0 radical (unpaired) electrons. The van der Waals surface area contributed by atoms with E-state index < -0.39 is 0 Å². The van der Waals surface area contributed by atoms with Crippen molar-refractivity contribution in [3.05, 3.63) is 47.0 Å². The molecular formula is C15H14ClN3. The summed E-state index contributed by atoms with van der Waals surface area (Å²) in [4.78, 5) is 8.43. The Bertz CT molecular complexity index is 637. The number of nitriles is 1. The summed E-state index contributed by atoms with van der Waals surface area (Å²) in [5.74, 6) is 0. The molecule has 2 aromatic rings. The summed E-state index contributed by atoms with van der Waals surface area (Å²) < 4.78 is 0. The van der Waals surface area contributed by atoms with Gasteiger partial charge < -0.3 is 0 Å². The number of hydrogen-bond acceptors (Lipinski definition) is 3. The molecule has 0 aliphatic carbocycles. The maximum Gasteiger partial charge on any atom is 0.147 e. The Labute approximate surface area is 117 Å². The van der Waals surface area contributed by atoms with Crippen LogP contribution in [0.1, 0.15) is 32.0 Å². The Kier molecular flexibility index (Phi) is 3.55. The zero-order valence-corrected chi connectivity index (χ0v) is 11.9. The van der Waals surface area contributed by atoms with E-state index in [4.69, 9.17) is 16.9 Å². The fourth-order valence-electron chi connectivity index (χ4n) is 1.89. The van der Waals surface area contributed by atoms with E-state index in [-0.39, 0.29) is 10.6 Å². The fraction of sp³-hybridized carbons (Fsp3) is 0.267. The molecule has 2 rings (SSSR count). The highest BCUT2D eigenvalue weighted by Crippen LogP contribution is 2.33. The molecule has 0 aromatic carbocycles. The normalized spacial score (nSPS) is 11.1. The molecule has 0 unspecified atom stereocenters. The number of rotatable bonds is 1. The van der Waals surface area contributed by atoms with Gasteiger partial charge in [0.25, 0.3) is 0 Å². The number of pyridine rings is 2. The molecule has 0 spiro atoms. The molecule has 4 heteroatoms. The lowest BCUT2D eigenvalue weighted by Gasteiger charge is -2.22. The fourth-order valence-corrected chi connectivity index (χ4v) is 2.07. The Morgan fingerprint density at radius 1 is 1.21 bits per heavy atom. The van der Waals surface area contributed by atoms with Crippen LogP contribution < -0.4 is 0 Å². The number of nitrogens with zero attached hydrogens (tertiary/aromatic N) is 3. The molecule has 19 heavy (non-hydrogen) atoms. The van der Waals surface area contributed by atoms with Gasteiger partial charge in [-0.3, -0.25) is 4.98 Å². The van der Waals surface area contributed by atoms with Crippen LogP contribution in [0.25, 0.3) is 11.1 Å². The predicted molar refractivity (Wildman–Crippen MR) is 75.9 cm³/mol. The largest absolute Gasteiger partial charge is 0.265 e. The highest BCUT2D eigenvalue weighted by molar-refractivity contribution is 6.30. The van der Waals surface area contributed by atoms with E-state index in [1.54, 1.807) is 18.5 Å². The minimum absolute atomic E-state index is 0.157. The second kappa shape index (κ2) is 4.99. The lowest BCUT2D eigenvalue weighted by molar-refractivity contribution is 0.571. The van der Waals surface area contributed by atoms with E-state index in [2.05, 4.69) is 36.8 Å². The minimum atomic E-state index is -0.157. The van der Waals surface area contributed by atoms with Crippen molar-refractivity contribution in [1.82, 2.24) is 9.97 Å². The molecule has 0 aliphatic heterocycles. The molecule has 0 bridgehead atoms. The third-order valence-electron chi connectivity index (χ3n) is 2.80. The van der Waals surface area contributed by atoms with Crippen molar-refractivity contribution in [3.8, 4) is 17.2 Å². The van der Waals surface area contributed by atoms with Gasteiger partial charge in [-0.15, -0.1) is 0 Å². The van der Waals surface area contributed by atoms with E-state index in [9.17, 15) is 0 Å². The van der Waals surface area contributed by atoms with Crippen molar-refractivity contribution < 1.29 is 0 Å². The van der Waals surface area contributed by atoms with Gasteiger partial charge in [-0.2, -0.15) is 5.26 Å². The maximum atomic E-state index is 9.10. The summed E-state index contributed by atoms with van der Waals surface area (Å²) in [6.07, 6.45) is 3.45. The van der Waals surface area contributed by atoms with E-state index in [1.807, 2.05) is 12.1 Å². The lowest BCUT2D eigenvalue weighted by atomic mass is 9.86. The maximum absolute atomic E-state index is 9.10. The molecule has 3 nitrogen and oxygen atoms in total. The molecule has 2 heterocycles. The number of halogens is 1. The average Bonchev–Trinajstić information content (AvgIpc) is 2.38. The van der Waals surface area contributed by atoms with Crippen LogP contribution in [0.3, 0.4) is 0 Å². The first-order chi connectivity index (χ1) is 8.93. The molecular weight excluding hydrogens is 258 g/mol. The monoisotopic (exact) mass is 271 g/mol. The Hall–Kier alpha value is -1.92. The summed E-state index contributed by atoms with van der Waals surface area (Å²) in [7, 11) is 0. The molecule has 0 aliphatic rings. The van der Waals surface area contributed by atoms with Crippen LogP contribution in [0.5, 0.6) is 0 Å². The molecule has 0 saturated heterocycles. The zero-order chi connectivity index (χ0) is 14.0. The zero-order valence-electron chi connectivity index (χ0n) is 11.1. The third kappa shape index (κ3) is 2.74. The Balaban J connectivity index is 2.74. The van der Waals surface area contributed by atoms with Crippen LogP contribution in [-0.4, -0.2) is 9.97 Å². The number of hydrogen-bond donors (Lipinski definition) is 0. The van der Waals surface area contributed by atoms with E-state index >= 15 is 0 Å². The molecule has 0 atom stereocenters. The molecule has 96 valence electrons. The second-order valence-corrected chi connectivity index (χ2v) is 5.68. The smallest absolute Gasteiger partial charge is 0.147 e. The first-order valence-electron chi connectivity index (χ1n) is 5.95. The van der Waals surface area contributed by atoms with Crippen LogP contribution in [0.15, 0.2) is 30.6 Å². The van der Waals surface area contributed by atoms with Crippen molar-refractivity contribution in [2.75, 3.05) is 0 Å². The second-order valence-electron chi connectivity index (χ2n) is 5.32. The van der Waals surface area contributed by atoms with Crippen LogP contribution in [-0.2, 0) is 5.41 Å². The predicted octanol–water partition coefficient (Wildman–Crippen LogP) is 3.97. The molecule has 0 saturated carbocycles. The van der Waals surface area contributed by atoms with Gasteiger partial charge >= 0.3 is 0 Å². The van der Waals surface area contributed by atoms with Crippen molar-refractivity contribution in [1.29, 1.82) is 5.26 Å². The summed E-state index contributed by atoms with van der Waals surface area (Å²) >= 11 is 6.05. The SMILES string of the molecule is CC(C)(C)c1nc(Cl)c(C#N)cc1-c1ccncc1. The Morgan fingerprint density at radius 3 is 2.37 bits per heavy atom. The Morgan fingerprint density at radius 2 is 1.84 bits per heavy atom. The highest BCUT2D eigenvalue weighted by atomic mass is 35.5. The summed E-state index contributed by atoms with van der Waals surface area (Å²) in [6.45, 7) is 6.22. The number of aromatic nitrogens is 2. The van der Waals surface area contributed by atoms with Crippen molar-refractivity contribution >= 4 is 11.6 Å². The van der Waals surface area contributed by atoms with E-state index in [1.165, 1.54) is 0 Å². The molecule has 2 aromatic heterocycles. The molecule has 0 N–H and O–H groups in total. The molecule has 0 amide bonds. The van der Waals surface area contributed by atoms with Gasteiger partial charge in [0.05, 0.1) is 11.3 Å². The highest BCUT2D eigenvalue weighted by Gasteiger charge is 2.22. The summed E-state index contributed by atoms with van der Waals surface area (Å²) in [5, 5.41) is 9.35. The van der Waals surface area contributed by atoms with Crippen LogP contribution >= 0.6 is 11.6 Å². The van der Waals surface area contributed by atoms with E-state index in [0.717, 1.165) is 16.8 Å². The van der Waals surface area contributed by atoms with Gasteiger partial charge in [0.15, 0.2) is 0 Å². The van der Waals surface area contributed by atoms with Gasteiger partial charge in [0.1, 0.15) is 11.2 Å². The van der Waals surface area contributed by atoms with Crippen molar-refractivity contribution in [2.24, 2.45) is 0 Å². The lowest BCUT2D eigenvalue weighted by Crippen LogP contribution is -2.16. The third-order valence-corrected chi connectivity index (χ3v) is 3.09. The van der Waals surface area contributed by atoms with Gasteiger partial charge in [-0.1, -0.05) is 32.4 Å². The van der Waals surface area contributed by atoms with Crippen molar-refractivity contribution in [2.45, 2.75) is 26.2 Å². The summed E-state index contributed by atoms with van der Waals surface area (Å²) in [6, 6.07) is 7.68.